The Morgan fingerprint density at radius 1 is 1.00 bits per heavy atom. The fraction of sp³-hybridized carbons (Fsp3) is 0.0769. The molecule has 0 heterocycles. The van der Waals surface area contributed by atoms with Crippen LogP contribution in [-0.4, -0.2) is 16.8 Å². The second-order valence-electron chi connectivity index (χ2n) is 4.56. The summed E-state index contributed by atoms with van der Waals surface area (Å²) in [7, 11) is -8.73. The minimum atomic E-state index is -4.43. The number of hydrogen-bond donors (Lipinski definition) is 1. The Balaban J connectivity index is 2.48. The highest BCUT2D eigenvalue weighted by Gasteiger charge is 2.26. The van der Waals surface area contributed by atoms with Crippen molar-refractivity contribution in [3.8, 4) is 0 Å². The van der Waals surface area contributed by atoms with Gasteiger partial charge in [-0.25, -0.2) is 16.8 Å². The zero-order chi connectivity index (χ0) is 17.1. The standard InChI is InChI=1S/C13H12N4O4S2/c1-10-5-4-6-11(9-10)22(18,19)17-23(20,21)13-8-3-2-7-12(13)15-16-14/h2-9,17H,1H3. The highest BCUT2D eigenvalue weighted by molar-refractivity contribution is 8.04. The van der Waals surface area contributed by atoms with Crippen molar-refractivity contribution in [3.05, 3.63) is 64.5 Å². The Labute approximate surface area is 133 Å². The molecule has 2 rings (SSSR count). The molecule has 0 fully saturated rings. The number of benzene rings is 2. The molecule has 120 valence electrons. The lowest BCUT2D eigenvalue weighted by molar-refractivity contribution is 0.577. The van der Waals surface area contributed by atoms with Crippen LogP contribution in [0.1, 0.15) is 5.56 Å². The molecule has 0 spiro atoms. The van der Waals surface area contributed by atoms with Crippen LogP contribution in [0.3, 0.4) is 0 Å². The first-order chi connectivity index (χ1) is 10.8. The number of aryl methyl sites for hydroxylation is 1. The third kappa shape index (κ3) is 3.88. The van der Waals surface area contributed by atoms with Crippen LogP contribution in [-0.2, 0) is 20.0 Å². The lowest BCUT2D eigenvalue weighted by atomic mass is 10.2. The van der Waals surface area contributed by atoms with Gasteiger partial charge < -0.3 is 0 Å². The molecule has 1 N–H and O–H groups in total. The van der Waals surface area contributed by atoms with E-state index < -0.39 is 24.9 Å². The number of nitrogens with one attached hydrogen (secondary N) is 1. The van der Waals surface area contributed by atoms with E-state index in [4.69, 9.17) is 5.53 Å². The maximum absolute atomic E-state index is 12.3. The van der Waals surface area contributed by atoms with Gasteiger partial charge in [0.15, 0.2) is 0 Å². The van der Waals surface area contributed by atoms with E-state index in [0.717, 1.165) is 6.07 Å². The van der Waals surface area contributed by atoms with Gasteiger partial charge in [0.25, 0.3) is 20.0 Å². The molecular formula is C13H12N4O4S2. The highest BCUT2D eigenvalue weighted by atomic mass is 32.3. The van der Waals surface area contributed by atoms with Crippen molar-refractivity contribution in [2.75, 3.05) is 0 Å². The van der Waals surface area contributed by atoms with Crippen molar-refractivity contribution in [2.45, 2.75) is 16.7 Å². The molecule has 23 heavy (non-hydrogen) atoms. The van der Waals surface area contributed by atoms with Crippen molar-refractivity contribution >= 4 is 25.7 Å². The maximum Gasteiger partial charge on any atom is 0.254 e. The Morgan fingerprint density at radius 2 is 1.70 bits per heavy atom. The molecule has 2 aromatic rings. The summed E-state index contributed by atoms with van der Waals surface area (Å²) in [4.78, 5) is 1.93. The van der Waals surface area contributed by atoms with Gasteiger partial charge in [0, 0.05) is 4.91 Å². The van der Waals surface area contributed by atoms with Crippen LogP contribution in [0.4, 0.5) is 5.69 Å². The summed E-state index contributed by atoms with van der Waals surface area (Å²) < 4.78 is 50.8. The zero-order valence-corrected chi connectivity index (χ0v) is 13.5. The second-order valence-corrected chi connectivity index (χ2v) is 8.16. The van der Waals surface area contributed by atoms with Crippen molar-refractivity contribution < 1.29 is 16.8 Å². The second kappa shape index (κ2) is 6.39. The topological polar surface area (TPSA) is 129 Å². The molecule has 0 aromatic heterocycles. The van der Waals surface area contributed by atoms with Gasteiger partial charge in [-0.2, -0.15) is 0 Å². The summed E-state index contributed by atoms with van der Waals surface area (Å²) in [6, 6.07) is 11.1. The summed E-state index contributed by atoms with van der Waals surface area (Å²) in [5, 5.41) is 3.26. The number of hydrogen-bond acceptors (Lipinski definition) is 5. The van der Waals surface area contributed by atoms with Crippen LogP contribution in [0.15, 0.2) is 63.4 Å². The van der Waals surface area contributed by atoms with E-state index in [2.05, 4.69) is 10.0 Å². The van der Waals surface area contributed by atoms with Gasteiger partial charge in [0.05, 0.1) is 15.5 Å². The molecule has 0 aliphatic carbocycles. The van der Waals surface area contributed by atoms with Gasteiger partial charge in [-0.1, -0.05) is 35.4 Å². The number of sulfonamides is 2. The number of nitrogens with zero attached hydrogens (tertiary/aromatic N) is 3. The van der Waals surface area contributed by atoms with Crippen LogP contribution in [0.25, 0.3) is 10.4 Å². The summed E-state index contributed by atoms with van der Waals surface area (Å²) >= 11 is 0. The lowest BCUT2D eigenvalue weighted by Gasteiger charge is -2.10. The molecular weight excluding hydrogens is 340 g/mol. The van der Waals surface area contributed by atoms with Crippen LogP contribution >= 0.6 is 0 Å². The van der Waals surface area contributed by atoms with Gasteiger partial charge >= 0.3 is 0 Å². The smallest absolute Gasteiger partial charge is 0.206 e. The Morgan fingerprint density at radius 3 is 2.35 bits per heavy atom. The fourth-order valence-electron chi connectivity index (χ4n) is 1.84. The number of rotatable bonds is 5. The first-order valence-electron chi connectivity index (χ1n) is 6.26. The third-order valence-electron chi connectivity index (χ3n) is 2.83. The molecule has 10 heteroatoms. The largest absolute Gasteiger partial charge is 0.254 e. The molecule has 0 amide bonds. The van der Waals surface area contributed by atoms with Crippen molar-refractivity contribution in [1.29, 1.82) is 0 Å². The normalized spacial score (nSPS) is 11.7. The predicted molar refractivity (Wildman–Crippen MR) is 83.9 cm³/mol. The molecule has 0 aliphatic rings. The van der Waals surface area contributed by atoms with Gasteiger partial charge in [-0.05, 0) is 36.2 Å². The van der Waals surface area contributed by atoms with Gasteiger partial charge in [0.1, 0.15) is 0 Å². The third-order valence-corrected chi connectivity index (χ3v) is 6.38. The van der Waals surface area contributed by atoms with Gasteiger partial charge in [-0.3, -0.25) is 0 Å². The average Bonchev–Trinajstić information content (AvgIpc) is 2.47. The molecule has 0 radical (unpaired) electrons. The first-order valence-corrected chi connectivity index (χ1v) is 9.22. The van der Waals surface area contributed by atoms with Crippen molar-refractivity contribution in [3.63, 3.8) is 0 Å². The first kappa shape index (κ1) is 17.0. The Hall–Kier alpha value is -2.39. The van der Waals surface area contributed by atoms with E-state index >= 15 is 0 Å². The van der Waals surface area contributed by atoms with Gasteiger partial charge in [-0.15, -0.1) is 4.13 Å². The van der Waals surface area contributed by atoms with Crippen LogP contribution < -0.4 is 4.13 Å². The monoisotopic (exact) mass is 352 g/mol. The number of azide groups is 1. The van der Waals surface area contributed by atoms with E-state index in [0.29, 0.717) is 5.56 Å². The summed E-state index contributed by atoms with van der Waals surface area (Å²) in [6.07, 6.45) is 0. The van der Waals surface area contributed by atoms with E-state index in [1.807, 2.05) is 0 Å². The van der Waals surface area contributed by atoms with E-state index in [1.165, 1.54) is 36.4 Å². The molecule has 0 saturated carbocycles. The highest BCUT2D eigenvalue weighted by Crippen LogP contribution is 2.25. The van der Waals surface area contributed by atoms with Crippen molar-refractivity contribution in [1.82, 2.24) is 4.13 Å². The SMILES string of the molecule is Cc1cccc(S(=O)(=O)NS(=O)(=O)c2ccccc2N=[N+]=[N-])c1. The molecule has 0 aliphatic heterocycles. The van der Waals surface area contributed by atoms with Crippen LogP contribution in [0.2, 0.25) is 0 Å². The lowest BCUT2D eigenvalue weighted by Crippen LogP contribution is -2.30. The van der Waals surface area contributed by atoms with Crippen molar-refractivity contribution in [2.24, 2.45) is 5.11 Å². The minimum Gasteiger partial charge on any atom is -0.206 e. The molecule has 0 unspecified atom stereocenters. The van der Waals surface area contributed by atoms with E-state index in [1.54, 1.807) is 17.1 Å². The molecule has 8 nitrogen and oxygen atoms in total. The average molecular weight is 352 g/mol. The van der Waals surface area contributed by atoms with E-state index in [9.17, 15) is 16.8 Å². The molecule has 2 aromatic carbocycles. The predicted octanol–water partition coefficient (Wildman–Crippen LogP) is 2.60. The molecule has 0 saturated heterocycles. The summed E-state index contributed by atoms with van der Waals surface area (Å²) in [5.41, 5.74) is 8.95. The Kier molecular flexibility index (Phi) is 4.71. The van der Waals surface area contributed by atoms with E-state index in [-0.39, 0.29) is 10.6 Å². The summed E-state index contributed by atoms with van der Waals surface area (Å²) in [5.74, 6) is 0. The minimum absolute atomic E-state index is 0.178. The quantitative estimate of drug-likeness (QED) is 0.503. The van der Waals surface area contributed by atoms with Gasteiger partial charge in [0.2, 0.25) is 0 Å². The van der Waals surface area contributed by atoms with Crippen LogP contribution in [0, 0.1) is 6.92 Å². The Bertz CT molecular complexity index is 994. The summed E-state index contributed by atoms with van der Waals surface area (Å²) in [6.45, 7) is 1.68. The molecule has 0 bridgehead atoms. The fourth-order valence-corrected chi connectivity index (χ4v) is 4.98. The maximum atomic E-state index is 12.3. The zero-order valence-electron chi connectivity index (χ0n) is 11.9. The van der Waals surface area contributed by atoms with Crippen LogP contribution in [0.5, 0.6) is 0 Å². The molecule has 0 atom stereocenters.